The van der Waals surface area contributed by atoms with Crippen LogP contribution in [0.4, 0.5) is 13.2 Å². The summed E-state index contributed by atoms with van der Waals surface area (Å²) in [6.07, 6.45) is -3.98. The smallest absolute Gasteiger partial charge is 0.389 e. The van der Waals surface area contributed by atoms with Gasteiger partial charge in [0.05, 0.1) is 6.10 Å². The molecule has 1 rings (SSSR count). The van der Waals surface area contributed by atoms with E-state index >= 15 is 0 Å². The highest BCUT2D eigenvalue weighted by atomic mass is 19.4. The van der Waals surface area contributed by atoms with E-state index < -0.39 is 18.7 Å². The monoisotopic (exact) mass is 197 g/mol. The molecule has 0 aromatic rings. The van der Waals surface area contributed by atoms with Crippen LogP contribution >= 0.6 is 0 Å². The molecule has 0 aromatic carbocycles. The van der Waals surface area contributed by atoms with Gasteiger partial charge >= 0.3 is 6.18 Å². The lowest BCUT2D eigenvalue weighted by atomic mass is 10.2. The second-order valence-corrected chi connectivity index (χ2v) is 3.49. The maximum Gasteiger partial charge on any atom is 0.389 e. The van der Waals surface area contributed by atoms with Crippen LogP contribution in [-0.4, -0.2) is 30.0 Å². The topological polar surface area (TPSA) is 32.3 Å². The number of halogens is 3. The van der Waals surface area contributed by atoms with Gasteiger partial charge in [0.15, 0.2) is 0 Å². The Morgan fingerprint density at radius 1 is 1.38 bits per heavy atom. The summed E-state index contributed by atoms with van der Waals surface area (Å²) in [5, 5.41) is 12.1. The van der Waals surface area contributed by atoms with Crippen molar-refractivity contribution < 1.29 is 18.3 Å². The Bertz CT molecular complexity index is 156. The minimum Gasteiger partial charge on any atom is -0.392 e. The minimum atomic E-state index is -4.15. The van der Waals surface area contributed by atoms with Crippen LogP contribution in [0.1, 0.15) is 25.7 Å². The fourth-order valence-corrected chi connectivity index (χ4v) is 1.02. The highest BCUT2D eigenvalue weighted by Gasteiger charge is 2.28. The Balaban J connectivity index is 1.99. The first kappa shape index (κ1) is 10.8. The van der Waals surface area contributed by atoms with Gasteiger partial charge in [-0.15, -0.1) is 0 Å². The third-order valence-electron chi connectivity index (χ3n) is 1.98. The van der Waals surface area contributed by atoms with Gasteiger partial charge in [-0.3, -0.25) is 0 Å². The molecule has 5 heteroatoms. The Hall–Kier alpha value is -0.290. The molecule has 0 heterocycles. The fourth-order valence-electron chi connectivity index (χ4n) is 1.02. The molecule has 0 amide bonds. The standard InChI is InChI=1S/C8H14F3NO/c9-8(10,11)4-3-7(13)5-12-6-1-2-6/h6-7,12-13H,1-5H2. The van der Waals surface area contributed by atoms with Crippen LogP contribution in [0.2, 0.25) is 0 Å². The number of hydrogen-bond donors (Lipinski definition) is 2. The third kappa shape index (κ3) is 5.87. The van der Waals surface area contributed by atoms with Gasteiger partial charge in [-0.05, 0) is 19.3 Å². The van der Waals surface area contributed by atoms with Crippen LogP contribution in [0.3, 0.4) is 0 Å². The molecule has 1 unspecified atom stereocenters. The largest absolute Gasteiger partial charge is 0.392 e. The van der Waals surface area contributed by atoms with Crippen LogP contribution in [0.15, 0.2) is 0 Å². The van der Waals surface area contributed by atoms with Gasteiger partial charge in [0, 0.05) is 19.0 Å². The quantitative estimate of drug-likeness (QED) is 0.699. The average molecular weight is 197 g/mol. The number of nitrogens with one attached hydrogen (secondary N) is 1. The molecule has 0 saturated heterocycles. The van der Waals surface area contributed by atoms with E-state index in [4.69, 9.17) is 5.11 Å². The Labute approximate surface area is 75.1 Å². The van der Waals surface area contributed by atoms with Crippen molar-refractivity contribution in [3.8, 4) is 0 Å². The molecule has 1 aliphatic carbocycles. The summed E-state index contributed by atoms with van der Waals surface area (Å²) >= 11 is 0. The Morgan fingerprint density at radius 2 is 2.00 bits per heavy atom. The molecule has 1 fully saturated rings. The zero-order chi connectivity index (χ0) is 9.90. The van der Waals surface area contributed by atoms with E-state index in [9.17, 15) is 13.2 Å². The number of hydrogen-bond acceptors (Lipinski definition) is 2. The van der Waals surface area contributed by atoms with Crippen molar-refractivity contribution in [3.05, 3.63) is 0 Å². The first-order valence-corrected chi connectivity index (χ1v) is 4.45. The predicted octanol–water partition coefficient (Wildman–Crippen LogP) is 1.44. The van der Waals surface area contributed by atoms with E-state index in [1.165, 1.54) is 0 Å². The lowest BCUT2D eigenvalue weighted by Crippen LogP contribution is -2.29. The number of alkyl halides is 3. The predicted molar refractivity (Wildman–Crippen MR) is 42.3 cm³/mol. The van der Waals surface area contributed by atoms with Crippen molar-refractivity contribution in [2.75, 3.05) is 6.54 Å². The molecule has 0 spiro atoms. The minimum absolute atomic E-state index is 0.205. The molecule has 0 bridgehead atoms. The van der Waals surface area contributed by atoms with Crippen molar-refractivity contribution in [1.82, 2.24) is 5.32 Å². The van der Waals surface area contributed by atoms with Crippen LogP contribution < -0.4 is 5.32 Å². The van der Waals surface area contributed by atoms with Crippen LogP contribution in [0.5, 0.6) is 0 Å². The molecule has 78 valence electrons. The Kier molecular flexibility index (Phi) is 3.55. The molecule has 1 saturated carbocycles. The molecule has 1 aliphatic rings. The molecule has 0 radical (unpaired) electrons. The molecule has 13 heavy (non-hydrogen) atoms. The van der Waals surface area contributed by atoms with Gasteiger partial charge in [0.1, 0.15) is 0 Å². The van der Waals surface area contributed by atoms with Crippen LogP contribution in [0, 0.1) is 0 Å². The maximum absolute atomic E-state index is 11.7. The van der Waals surface area contributed by atoms with Gasteiger partial charge in [-0.1, -0.05) is 0 Å². The van der Waals surface area contributed by atoms with Crippen molar-refractivity contribution in [1.29, 1.82) is 0 Å². The SMILES string of the molecule is OC(CCC(F)(F)F)CNC1CC1. The number of aliphatic hydroxyl groups excluding tert-OH is 1. The van der Waals surface area contributed by atoms with E-state index in [2.05, 4.69) is 5.32 Å². The van der Waals surface area contributed by atoms with Gasteiger partial charge < -0.3 is 10.4 Å². The molecule has 0 aliphatic heterocycles. The maximum atomic E-state index is 11.7. The summed E-state index contributed by atoms with van der Waals surface area (Å²) in [6, 6.07) is 0.431. The van der Waals surface area contributed by atoms with Gasteiger partial charge in [-0.25, -0.2) is 0 Å². The average Bonchev–Trinajstić information content (AvgIpc) is 2.78. The summed E-state index contributed by atoms with van der Waals surface area (Å²) in [5.41, 5.74) is 0. The lowest BCUT2D eigenvalue weighted by Gasteiger charge is -2.12. The van der Waals surface area contributed by atoms with Crippen molar-refractivity contribution in [2.24, 2.45) is 0 Å². The molecular weight excluding hydrogens is 183 g/mol. The third-order valence-corrected chi connectivity index (χ3v) is 1.98. The summed E-state index contributed by atoms with van der Waals surface area (Å²) in [4.78, 5) is 0. The molecular formula is C8H14F3NO. The van der Waals surface area contributed by atoms with Crippen LogP contribution in [-0.2, 0) is 0 Å². The van der Waals surface area contributed by atoms with Gasteiger partial charge in [0.25, 0.3) is 0 Å². The number of aliphatic hydroxyl groups is 1. The van der Waals surface area contributed by atoms with E-state index in [0.717, 1.165) is 12.8 Å². The van der Waals surface area contributed by atoms with Crippen molar-refractivity contribution >= 4 is 0 Å². The zero-order valence-corrected chi connectivity index (χ0v) is 7.27. The van der Waals surface area contributed by atoms with E-state index in [1.54, 1.807) is 0 Å². The first-order valence-electron chi connectivity index (χ1n) is 4.45. The van der Waals surface area contributed by atoms with E-state index in [-0.39, 0.29) is 13.0 Å². The molecule has 2 nitrogen and oxygen atoms in total. The van der Waals surface area contributed by atoms with E-state index in [1.807, 2.05) is 0 Å². The molecule has 1 atom stereocenters. The van der Waals surface area contributed by atoms with E-state index in [0.29, 0.717) is 6.04 Å². The molecule has 2 N–H and O–H groups in total. The van der Waals surface area contributed by atoms with Crippen molar-refractivity contribution in [2.45, 2.75) is 44.0 Å². The summed E-state index contributed by atoms with van der Waals surface area (Å²) in [7, 11) is 0. The van der Waals surface area contributed by atoms with Crippen molar-refractivity contribution in [3.63, 3.8) is 0 Å². The summed E-state index contributed by atoms with van der Waals surface area (Å²) in [5.74, 6) is 0. The number of rotatable bonds is 5. The lowest BCUT2D eigenvalue weighted by molar-refractivity contribution is -0.139. The summed E-state index contributed by atoms with van der Waals surface area (Å²) < 4.78 is 35.1. The second kappa shape index (κ2) is 4.28. The van der Waals surface area contributed by atoms with Crippen LogP contribution in [0.25, 0.3) is 0 Å². The Morgan fingerprint density at radius 3 is 2.46 bits per heavy atom. The highest BCUT2D eigenvalue weighted by molar-refractivity contribution is 4.81. The first-order chi connectivity index (χ1) is 5.97. The van der Waals surface area contributed by atoms with Gasteiger partial charge in [0.2, 0.25) is 0 Å². The normalized spacial score (nSPS) is 20.3. The second-order valence-electron chi connectivity index (χ2n) is 3.49. The zero-order valence-electron chi connectivity index (χ0n) is 7.27. The summed E-state index contributed by atoms with van der Waals surface area (Å²) in [6.45, 7) is 0.279. The van der Waals surface area contributed by atoms with Gasteiger partial charge in [-0.2, -0.15) is 13.2 Å². The fraction of sp³-hybridized carbons (Fsp3) is 1.00. The highest BCUT2D eigenvalue weighted by Crippen LogP contribution is 2.22. The molecule has 0 aromatic heterocycles.